The summed E-state index contributed by atoms with van der Waals surface area (Å²) < 4.78 is 63.5. The first kappa shape index (κ1) is 36.5. The van der Waals surface area contributed by atoms with Gasteiger partial charge in [0.1, 0.15) is 0 Å². The Kier molecular flexibility index (Phi) is 14.5. The molecular weight excluding hydrogens is 600 g/mol. The van der Waals surface area contributed by atoms with Crippen LogP contribution in [0.5, 0.6) is 0 Å². The van der Waals surface area contributed by atoms with Gasteiger partial charge in [0.2, 0.25) is 11.8 Å². The van der Waals surface area contributed by atoms with Crippen LogP contribution in [0.3, 0.4) is 0 Å². The number of amides is 2. The number of aryl methyl sites for hydroxylation is 1. The Morgan fingerprint density at radius 1 is 1.02 bits per heavy atom. The van der Waals surface area contributed by atoms with Crippen LogP contribution in [-0.2, 0) is 19.2 Å². The summed E-state index contributed by atoms with van der Waals surface area (Å²) in [7, 11) is 3.93. The molecule has 11 nitrogen and oxygen atoms in total. The third kappa shape index (κ3) is 14.6. The van der Waals surface area contributed by atoms with Gasteiger partial charge in [-0.2, -0.15) is 26.3 Å². The van der Waals surface area contributed by atoms with E-state index in [-0.39, 0.29) is 17.0 Å². The molecule has 40 heavy (non-hydrogen) atoms. The van der Waals surface area contributed by atoms with Crippen LogP contribution in [0.2, 0.25) is 5.15 Å². The lowest BCUT2D eigenvalue weighted by Gasteiger charge is -2.10. The first-order valence-electron chi connectivity index (χ1n) is 10.6. The minimum absolute atomic E-state index is 0.104. The van der Waals surface area contributed by atoms with Crippen molar-refractivity contribution in [2.24, 2.45) is 0 Å². The molecule has 0 aliphatic rings. The molecule has 0 aromatic carbocycles. The number of aromatic nitrogens is 2. The SMILES string of the molecule is CC(=O)Nc1nc(C)c(-c2cnc(Cl)c(NC(=O)CCCN(C)C)c2)s1.O=C(O)C(F)(F)F.O=C(O)C(F)(F)F. The second-order valence-corrected chi connectivity index (χ2v) is 9.10. The molecule has 2 aromatic heterocycles. The zero-order valence-electron chi connectivity index (χ0n) is 21.2. The molecule has 0 atom stereocenters. The number of carboxylic acid groups (broad SMARTS) is 2. The van der Waals surface area contributed by atoms with Crippen molar-refractivity contribution in [3.63, 3.8) is 0 Å². The maximum atomic E-state index is 12.1. The molecule has 19 heteroatoms. The Morgan fingerprint density at radius 3 is 1.95 bits per heavy atom. The van der Waals surface area contributed by atoms with Gasteiger partial charge >= 0.3 is 24.3 Å². The molecule has 2 aromatic rings. The highest BCUT2D eigenvalue weighted by atomic mass is 35.5. The minimum Gasteiger partial charge on any atom is -0.475 e. The lowest BCUT2D eigenvalue weighted by Crippen LogP contribution is -2.21. The molecule has 2 amide bonds. The van der Waals surface area contributed by atoms with Crippen molar-refractivity contribution in [2.75, 3.05) is 31.3 Å². The molecule has 0 aliphatic heterocycles. The van der Waals surface area contributed by atoms with E-state index in [1.165, 1.54) is 18.3 Å². The van der Waals surface area contributed by atoms with Gasteiger partial charge < -0.3 is 25.7 Å². The summed E-state index contributed by atoms with van der Waals surface area (Å²) in [4.78, 5) is 52.5. The number of carboxylic acids is 2. The molecule has 224 valence electrons. The Hall–Kier alpha value is -3.51. The summed E-state index contributed by atoms with van der Waals surface area (Å²) >= 11 is 7.47. The molecule has 0 spiro atoms. The van der Waals surface area contributed by atoms with Crippen LogP contribution in [-0.4, -0.2) is 81.8 Å². The molecule has 0 bridgehead atoms. The van der Waals surface area contributed by atoms with Gasteiger partial charge in [0, 0.05) is 25.1 Å². The Bertz CT molecular complexity index is 1170. The van der Waals surface area contributed by atoms with Crippen LogP contribution in [0.15, 0.2) is 12.3 Å². The summed E-state index contributed by atoms with van der Waals surface area (Å²) in [5.41, 5.74) is 2.02. The second kappa shape index (κ2) is 15.9. The molecule has 0 radical (unpaired) electrons. The van der Waals surface area contributed by atoms with Gasteiger partial charge in [0.05, 0.1) is 16.3 Å². The van der Waals surface area contributed by atoms with Crippen LogP contribution in [0.1, 0.15) is 25.5 Å². The zero-order chi connectivity index (χ0) is 31.4. The smallest absolute Gasteiger partial charge is 0.475 e. The third-order valence-corrected chi connectivity index (χ3v) is 5.37. The van der Waals surface area contributed by atoms with E-state index in [1.807, 2.05) is 25.9 Å². The Morgan fingerprint density at radius 2 is 1.52 bits per heavy atom. The maximum Gasteiger partial charge on any atom is 0.490 e. The number of alkyl halides is 6. The van der Waals surface area contributed by atoms with Crippen molar-refractivity contribution in [3.8, 4) is 10.4 Å². The fraction of sp³-hybridized carbons (Fsp3) is 0.429. The number of nitrogens with zero attached hydrogens (tertiary/aromatic N) is 3. The topological polar surface area (TPSA) is 162 Å². The van der Waals surface area contributed by atoms with Gasteiger partial charge in [-0.15, -0.1) is 0 Å². The molecule has 2 heterocycles. The van der Waals surface area contributed by atoms with Gasteiger partial charge in [0.15, 0.2) is 10.3 Å². The van der Waals surface area contributed by atoms with Crippen LogP contribution < -0.4 is 10.6 Å². The van der Waals surface area contributed by atoms with Gasteiger partial charge in [-0.25, -0.2) is 19.6 Å². The van der Waals surface area contributed by atoms with E-state index >= 15 is 0 Å². The number of carbonyl (C=O) groups is 4. The van der Waals surface area contributed by atoms with E-state index < -0.39 is 24.3 Å². The monoisotopic (exact) mass is 623 g/mol. The maximum absolute atomic E-state index is 12.1. The predicted molar refractivity (Wildman–Crippen MR) is 133 cm³/mol. The number of aliphatic carboxylic acids is 2. The predicted octanol–water partition coefficient (Wildman–Crippen LogP) is 4.67. The Balaban J connectivity index is 0.000000894. The van der Waals surface area contributed by atoms with E-state index in [0.29, 0.717) is 17.2 Å². The molecule has 0 unspecified atom stereocenters. The number of pyridine rings is 1. The molecule has 2 rings (SSSR count). The van der Waals surface area contributed by atoms with Gasteiger partial charge in [-0.05, 0) is 40.1 Å². The normalized spacial score (nSPS) is 11.0. The van der Waals surface area contributed by atoms with Crippen LogP contribution in [0.4, 0.5) is 37.2 Å². The van der Waals surface area contributed by atoms with Crippen LogP contribution in [0.25, 0.3) is 10.4 Å². The average molecular weight is 624 g/mol. The summed E-state index contributed by atoms with van der Waals surface area (Å²) in [6.07, 6.45) is -7.37. The number of hydrogen-bond acceptors (Lipinski definition) is 8. The summed E-state index contributed by atoms with van der Waals surface area (Å²) in [6.45, 7) is 4.13. The summed E-state index contributed by atoms with van der Waals surface area (Å²) in [5, 5.41) is 20.5. The quantitative estimate of drug-likeness (QED) is 0.254. The van der Waals surface area contributed by atoms with Gasteiger partial charge in [-0.3, -0.25) is 9.59 Å². The van der Waals surface area contributed by atoms with Gasteiger partial charge in [0.25, 0.3) is 0 Å². The summed E-state index contributed by atoms with van der Waals surface area (Å²) in [6, 6.07) is 1.78. The van der Waals surface area contributed by atoms with E-state index in [0.717, 1.165) is 29.1 Å². The van der Waals surface area contributed by atoms with E-state index in [1.54, 1.807) is 12.3 Å². The molecular formula is C21H24ClF6N5O6S. The van der Waals surface area contributed by atoms with Crippen molar-refractivity contribution >= 4 is 57.5 Å². The van der Waals surface area contributed by atoms with Crippen molar-refractivity contribution in [1.29, 1.82) is 0 Å². The van der Waals surface area contributed by atoms with Crippen molar-refractivity contribution in [1.82, 2.24) is 14.9 Å². The van der Waals surface area contributed by atoms with Gasteiger partial charge in [-0.1, -0.05) is 22.9 Å². The number of rotatable bonds is 7. The van der Waals surface area contributed by atoms with Crippen molar-refractivity contribution in [3.05, 3.63) is 23.1 Å². The fourth-order valence-corrected chi connectivity index (χ4v) is 3.44. The molecule has 0 saturated heterocycles. The number of thiazole rings is 1. The highest BCUT2D eigenvalue weighted by Crippen LogP contribution is 2.35. The van der Waals surface area contributed by atoms with Crippen LogP contribution in [0, 0.1) is 6.92 Å². The minimum atomic E-state index is -5.08. The zero-order valence-corrected chi connectivity index (χ0v) is 22.8. The number of anilines is 2. The molecule has 0 saturated carbocycles. The standard InChI is InChI=1S/C17H22ClN5O2S.2C2HF3O2/c1-10-15(26-17(20-10)21-11(2)24)12-8-13(16(18)19-9-12)22-14(25)6-5-7-23(3)4;2*3-2(4,5)1(6)7/h8-9H,5-7H2,1-4H3,(H,22,25)(H,20,21,24);2*(H,6,7). The molecule has 0 aliphatic carbocycles. The van der Waals surface area contributed by atoms with Crippen LogP contribution >= 0.6 is 22.9 Å². The Labute approximate surface area is 232 Å². The van der Waals surface area contributed by atoms with E-state index in [4.69, 9.17) is 31.4 Å². The van der Waals surface area contributed by atoms with E-state index in [2.05, 4.69) is 20.6 Å². The number of nitrogens with one attached hydrogen (secondary N) is 2. The molecule has 0 fully saturated rings. The first-order chi connectivity index (χ1) is 18.1. The lowest BCUT2D eigenvalue weighted by atomic mass is 10.2. The number of hydrogen-bond donors (Lipinski definition) is 4. The highest BCUT2D eigenvalue weighted by molar-refractivity contribution is 7.19. The molecule has 4 N–H and O–H groups in total. The van der Waals surface area contributed by atoms with Crippen molar-refractivity contribution in [2.45, 2.75) is 39.0 Å². The fourth-order valence-electron chi connectivity index (χ4n) is 2.30. The number of carbonyl (C=O) groups excluding carboxylic acids is 2. The summed E-state index contributed by atoms with van der Waals surface area (Å²) in [5.74, 6) is -5.79. The van der Waals surface area contributed by atoms with E-state index in [9.17, 15) is 35.9 Å². The highest BCUT2D eigenvalue weighted by Gasteiger charge is 2.38. The lowest BCUT2D eigenvalue weighted by molar-refractivity contribution is -0.193. The van der Waals surface area contributed by atoms with Crippen molar-refractivity contribution < 1.29 is 55.7 Å². The largest absolute Gasteiger partial charge is 0.490 e. The average Bonchev–Trinajstić information content (AvgIpc) is 3.13. The number of halogens is 7. The first-order valence-corrected chi connectivity index (χ1v) is 11.8. The second-order valence-electron chi connectivity index (χ2n) is 7.74. The third-order valence-electron chi connectivity index (χ3n) is 3.95.